The fourth-order valence-electron chi connectivity index (χ4n) is 3.21. The van der Waals surface area contributed by atoms with Gasteiger partial charge in [0.05, 0.1) is 30.4 Å². The van der Waals surface area contributed by atoms with Gasteiger partial charge < -0.3 is 20.1 Å². The molecule has 0 unspecified atom stereocenters. The highest BCUT2D eigenvalue weighted by Gasteiger charge is 2.20. The highest BCUT2D eigenvalue weighted by Crippen LogP contribution is 2.31. The molecule has 0 spiro atoms. The Bertz CT molecular complexity index is 1170. The Morgan fingerprint density at radius 1 is 1.19 bits per heavy atom. The van der Waals surface area contributed by atoms with Crippen LogP contribution in [0.4, 0.5) is 21.8 Å². The lowest BCUT2D eigenvalue weighted by Crippen LogP contribution is -2.37. The molecular formula is C21H17FN6O3. The van der Waals surface area contributed by atoms with Gasteiger partial charge in [-0.25, -0.2) is 14.2 Å². The van der Waals surface area contributed by atoms with Crippen LogP contribution in [0.1, 0.15) is 15.9 Å². The van der Waals surface area contributed by atoms with Crippen LogP contribution in [-0.2, 0) is 4.74 Å². The molecule has 0 bridgehead atoms. The number of anilines is 3. The lowest BCUT2D eigenvalue weighted by atomic mass is 10.1. The van der Waals surface area contributed by atoms with E-state index < -0.39 is 11.8 Å². The van der Waals surface area contributed by atoms with E-state index in [1.54, 1.807) is 12.4 Å². The van der Waals surface area contributed by atoms with E-state index >= 15 is 0 Å². The third kappa shape index (κ3) is 4.57. The molecule has 2 aromatic heterocycles. The Labute approximate surface area is 176 Å². The number of nitrogens with one attached hydrogen (secondary N) is 1. The van der Waals surface area contributed by atoms with Gasteiger partial charge >= 0.3 is 5.97 Å². The number of benzene rings is 1. The van der Waals surface area contributed by atoms with Crippen molar-refractivity contribution < 1.29 is 19.0 Å². The van der Waals surface area contributed by atoms with E-state index in [-0.39, 0.29) is 17.1 Å². The van der Waals surface area contributed by atoms with Crippen LogP contribution in [0.25, 0.3) is 11.1 Å². The van der Waals surface area contributed by atoms with Gasteiger partial charge in [-0.3, -0.25) is 4.98 Å². The number of nitriles is 1. The Balaban J connectivity index is 1.75. The minimum Gasteiger partial charge on any atom is -0.478 e. The average Bonchev–Trinajstić information content (AvgIpc) is 2.79. The molecule has 0 amide bonds. The van der Waals surface area contributed by atoms with Gasteiger partial charge in [0.2, 0.25) is 5.95 Å². The number of ether oxygens (including phenoxy) is 1. The monoisotopic (exact) mass is 420 g/mol. The van der Waals surface area contributed by atoms with Crippen LogP contribution in [0.3, 0.4) is 0 Å². The molecule has 2 N–H and O–H groups in total. The number of carboxylic acids is 1. The molecular weight excluding hydrogens is 403 g/mol. The van der Waals surface area contributed by atoms with Crippen LogP contribution < -0.4 is 10.2 Å². The minimum atomic E-state index is -1.08. The van der Waals surface area contributed by atoms with E-state index in [1.165, 1.54) is 24.4 Å². The quantitative estimate of drug-likeness (QED) is 0.641. The predicted molar refractivity (Wildman–Crippen MR) is 110 cm³/mol. The summed E-state index contributed by atoms with van der Waals surface area (Å²) in [7, 11) is 0. The molecule has 1 aromatic carbocycles. The molecule has 0 saturated carbocycles. The summed E-state index contributed by atoms with van der Waals surface area (Å²) >= 11 is 0. The molecule has 3 heterocycles. The number of nitrogens with zero attached hydrogens (tertiary/aromatic N) is 5. The van der Waals surface area contributed by atoms with Crippen LogP contribution in [0.5, 0.6) is 0 Å². The molecule has 1 fully saturated rings. The van der Waals surface area contributed by atoms with Gasteiger partial charge in [-0.15, -0.1) is 0 Å². The summed E-state index contributed by atoms with van der Waals surface area (Å²) in [6.07, 6.45) is 4.38. The van der Waals surface area contributed by atoms with Crippen molar-refractivity contribution in [3.05, 3.63) is 59.8 Å². The zero-order chi connectivity index (χ0) is 21.8. The number of aromatic nitrogens is 3. The third-order valence-corrected chi connectivity index (χ3v) is 4.66. The maximum Gasteiger partial charge on any atom is 0.337 e. The number of hydrogen-bond acceptors (Lipinski definition) is 8. The SMILES string of the molecule is N#Cc1cc(F)cc(Nc2ncc(-c3cncc(C(=O)O)c3)c(N3CCOCC3)n2)c1. The Hall–Kier alpha value is -4.10. The predicted octanol–water partition coefficient (Wildman–Crippen LogP) is 2.83. The summed E-state index contributed by atoms with van der Waals surface area (Å²) in [5.41, 5.74) is 1.73. The first kappa shape index (κ1) is 20.2. The lowest BCUT2D eigenvalue weighted by Gasteiger charge is -2.29. The molecule has 1 saturated heterocycles. The number of hydrogen-bond donors (Lipinski definition) is 2. The molecule has 1 aliphatic rings. The van der Waals surface area contributed by atoms with Gasteiger partial charge in [-0.05, 0) is 24.3 Å². The highest BCUT2D eigenvalue weighted by atomic mass is 19.1. The van der Waals surface area contributed by atoms with Gasteiger partial charge in [-0.2, -0.15) is 10.2 Å². The highest BCUT2D eigenvalue weighted by molar-refractivity contribution is 5.89. The van der Waals surface area contributed by atoms with E-state index in [4.69, 9.17) is 10.00 Å². The van der Waals surface area contributed by atoms with Crippen LogP contribution >= 0.6 is 0 Å². The number of halogens is 1. The van der Waals surface area contributed by atoms with Crippen LogP contribution in [-0.4, -0.2) is 52.3 Å². The van der Waals surface area contributed by atoms with E-state index in [9.17, 15) is 14.3 Å². The van der Waals surface area contributed by atoms with E-state index in [2.05, 4.69) is 20.3 Å². The number of rotatable bonds is 5. The molecule has 156 valence electrons. The normalized spacial score (nSPS) is 13.5. The topological polar surface area (TPSA) is 124 Å². The van der Waals surface area contributed by atoms with Crippen molar-refractivity contribution in [2.24, 2.45) is 0 Å². The molecule has 10 heteroatoms. The molecule has 31 heavy (non-hydrogen) atoms. The Morgan fingerprint density at radius 3 is 2.74 bits per heavy atom. The van der Waals surface area contributed by atoms with Crippen LogP contribution in [0, 0.1) is 17.1 Å². The Morgan fingerprint density at radius 2 is 2.00 bits per heavy atom. The molecule has 1 aliphatic heterocycles. The zero-order valence-corrected chi connectivity index (χ0v) is 16.2. The van der Waals surface area contributed by atoms with E-state index in [0.717, 1.165) is 6.07 Å². The molecule has 0 atom stereocenters. The van der Waals surface area contributed by atoms with Crippen LogP contribution in [0.2, 0.25) is 0 Å². The Kier molecular flexibility index (Phi) is 5.68. The van der Waals surface area contributed by atoms with Gasteiger partial charge in [-0.1, -0.05) is 0 Å². The average molecular weight is 420 g/mol. The van der Waals surface area contributed by atoms with Gasteiger partial charge in [0.15, 0.2) is 0 Å². The second-order valence-corrected chi connectivity index (χ2v) is 6.76. The smallest absolute Gasteiger partial charge is 0.337 e. The van der Waals surface area contributed by atoms with E-state index in [1.807, 2.05) is 11.0 Å². The van der Waals surface area contributed by atoms with Crippen molar-refractivity contribution in [1.82, 2.24) is 15.0 Å². The number of carboxylic acid groups (broad SMARTS) is 1. The van der Waals surface area contributed by atoms with Gasteiger partial charge in [0.1, 0.15) is 11.6 Å². The lowest BCUT2D eigenvalue weighted by molar-refractivity contribution is 0.0696. The summed E-state index contributed by atoms with van der Waals surface area (Å²) in [5, 5.41) is 21.3. The van der Waals surface area contributed by atoms with E-state index in [0.29, 0.717) is 48.9 Å². The zero-order valence-electron chi connectivity index (χ0n) is 16.2. The maximum atomic E-state index is 13.8. The number of morpholine rings is 1. The molecule has 0 radical (unpaired) electrons. The minimum absolute atomic E-state index is 0.0522. The van der Waals surface area contributed by atoms with Crippen molar-refractivity contribution in [1.29, 1.82) is 5.26 Å². The first-order valence-corrected chi connectivity index (χ1v) is 9.39. The number of aromatic carboxylic acids is 1. The fraction of sp³-hybridized carbons (Fsp3) is 0.190. The van der Waals surface area contributed by atoms with Crippen molar-refractivity contribution in [3.8, 4) is 17.2 Å². The standard InChI is InChI=1S/C21H17FN6O3/c22-16-5-13(9-23)6-17(8-16)26-21-25-12-18(14-7-15(20(29)30)11-24-10-14)19(27-21)28-1-3-31-4-2-28/h5-8,10-12H,1-4H2,(H,29,30)(H,25,26,27). The summed E-state index contributed by atoms with van der Waals surface area (Å²) in [6.45, 7) is 2.23. The molecule has 0 aliphatic carbocycles. The van der Waals surface area contributed by atoms with Gasteiger partial charge in [0, 0.05) is 48.5 Å². The first-order valence-electron chi connectivity index (χ1n) is 9.39. The molecule has 4 rings (SSSR count). The number of carbonyl (C=O) groups is 1. The van der Waals surface area contributed by atoms with Crippen LogP contribution in [0.15, 0.2) is 42.9 Å². The fourth-order valence-corrected chi connectivity index (χ4v) is 3.21. The molecule has 3 aromatic rings. The second kappa shape index (κ2) is 8.73. The second-order valence-electron chi connectivity index (χ2n) is 6.76. The van der Waals surface area contributed by atoms with Gasteiger partial charge in [0.25, 0.3) is 0 Å². The van der Waals surface area contributed by atoms with Crippen molar-refractivity contribution in [2.75, 3.05) is 36.5 Å². The third-order valence-electron chi connectivity index (χ3n) is 4.66. The van der Waals surface area contributed by atoms with Crippen molar-refractivity contribution in [3.63, 3.8) is 0 Å². The van der Waals surface area contributed by atoms with Crippen molar-refractivity contribution >= 4 is 23.4 Å². The number of pyridine rings is 1. The summed E-state index contributed by atoms with van der Waals surface area (Å²) in [6, 6.07) is 7.29. The molecule has 9 nitrogen and oxygen atoms in total. The summed E-state index contributed by atoms with van der Waals surface area (Å²) in [4.78, 5) is 26.3. The summed E-state index contributed by atoms with van der Waals surface area (Å²) in [5.74, 6) is -0.854. The maximum absolute atomic E-state index is 13.8. The first-order chi connectivity index (χ1) is 15.0. The van der Waals surface area contributed by atoms with Crippen molar-refractivity contribution in [2.45, 2.75) is 0 Å². The summed E-state index contributed by atoms with van der Waals surface area (Å²) < 4.78 is 19.2. The largest absolute Gasteiger partial charge is 0.478 e.